The second-order valence-electron chi connectivity index (χ2n) is 7.43. The minimum atomic E-state index is -0.448. The van der Waals surface area contributed by atoms with Gasteiger partial charge in [-0.2, -0.15) is 0 Å². The van der Waals surface area contributed by atoms with E-state index in [9.17, 15) is 9.59 Å². The molecule has 1 atom stereocenters. The first-order valence-electron chi connectivity index (χ1n) is 10.9. The van der Waals surface area contributed by atoms with E-state index in [-0.39, 0.29) is 11.8 Å². The molecule has 5 heteroatoms. The van der Waals surface area contributed by atoms with Crippen molar-refractivity contribution in [2.75, 3.05) is 12.3 Å². The van der Waals surface area contributed by atoms with Crippen LogP contribution in [0.5, 0.6) is 0 Å². The number of amides is 2. The first-order valence-corrected chi connectivity index (χ1v) is 11.8. The van der Waals surface area contributed by atoms with E-state index < -0.39 is 6.04 Å². The summed E-state index contributed by atoms with van der Waals surface area (Å²) in [6.45, 7) is 7.23. The fourth-order valence-electron chi connectivity index (χ4n) is 3.31. The molecule has 0 spiro atoms. The van der Waals surface area contributed by atoms with Gasteiger partial charge in [-0.1, -0.05) is 62.7 Å². The van der Waals surface area contributed by atoms with Crippen molar-refractivity contribution in [2.24, 2.45) is 0 Å². The molecule has 0 fully saturated rings. The Bertz CT molecular complexity index is 795. The molecule has 0 saturated heterocycles. The number of carbonyl (C=O) groups excluding carboxylic acids is 2. The summed E-state index contributed by atoms with van der Waals surface area (Å²) >= 11 is 1.67. The van der Waals surface area contributed by atoms with Crippen LogP contribution in [-0.4, -0.2) is 35.1 Å². The van der Waals surface area contributed by atoms with E-state index in [4.69, 9.17) is 0 Å². The maximum Gasteiger partial charge on any atom is 0.242 e. The third kappa shape index (κ3) is 7.52. The third-order valence-electron chi connectivity index (χ3n) is 5.15. The van der Waals surface area contributed by atoms with Gasteiger partial charge >= 0.3 is 0 Å². The molecular weight excluding hydrogens is 392 g/mol. The Labute approximate surface area is 185 Å². The van der Waals surface area contributed by atoms with Crippen molar-refractivity contribution in [1.82, 2.24) is 10.2 Å². The Morgan fingerprint density at radius 2 is 1.73 bits per heavy atom. The maximum atomic E-state index is 13.2. The van der Waals surface area contributed by atoms with Crippen molar-refractivity contribution in [3.8, 4) is 0 Å². The lowest BCUT2D eigenvalue weighted by molar-refractivity contribution is -0.141. The summed E-state index contributed by atoms with van der Waals surface area (Å²) in [5, 5.41) is 3.01. The summed E-state index contributed by atoms with van der Waals surface area (Å²) in [4.78, 5) is 29.0. The number of hydrogen-bond acceptors (Lipinski definition) is 3. The Morgan fingerprint density at radius 3 is 2.40 bits per heavy atom. The number of nitrogens with zero attached hydrogens (tertiary/aromatic N) is 1. The molecule has 0 aromatic heterocycles. The van der Waals surface area contributed by atoms with Crippen molar-refractivity contribution < 1.29 is 9.59 Å². The smallest absolute Gasteiger partial charge is 0.242 e. The van der Waals surface area contributed by atoms with Crippen LogP contribution in [0, 0.1) is 6.92 Å². The lowest BCUT2D eigenvalue weighted by Crippen LogP contribution is -2.49. The summed E-state index contributed by atoms with van der Waals surface area (Å²) < 4.78 is 0. The van der Waals surface area contributed by atoms with Crippen molar-refractivity contribution in [1.29, 1.82) is 0 Å². The Morgan fingerprint density at radius 1 is 1.03 bits per heavy atom. The molecule has 0 radical (unpaired) electrons. The van der Waals surface area contributed by atoms with Gasteiger partial charge in [-0.15, -0.1) is 11.8 Å². The number of carbonyl (C=O) groups is 2. The van der Waals surface area contributed by atoms with Crippen LogP contribution in [0.1, 0.15) is 50.7 Å². The summed E-state index contributed by atoms with van der Waals surface area (Å²) in [6, 6.07) is 17.7. The predicted molar refractivity (Wildman–Crippen MR) is 126 cm³/mol. The molecule has 162 valence electrons. The van der Waals surface area contributed by atoms with E-state index in [0.29, 0.717) is 31.7 Å². The van der Waals surface area contributed by atoms with Crippen molar-refractivity contribution in [3.63, 3.8) is 0 Å². The molecule has 2 aromatic rings. The van der Waals surface area contributed by atoms with Crippen molar-refractivity contribution >= 4 is 23.6 Å². The molecule has 30 heavy (non-hydrogen) atoms. The van der Waals surface area contributed by atoms with Gasteiger partial charge in [0.05, 0.1) is 0 Å². The zero-order chi connectivity index (χ0) is 21.8. The van der Waals surface area contributed by atoms with E-state index in [1.54, 1.807) is 16.7 Å². The first kappa shape index (κ1) is 24.0. The normalized spacial score (nSPS) is 11.7. The van der Waals surface area contributed by atoms with E-state index in [1.165, 1.54) is 0 Å². The highest BCUT2D eigenvalue weighted by atomic mass is 32.2. The number of rotatable bonds is 12. The van der Waals surface area contributed by atoms with Gasteiger partial charge in [0.25, 0.3) is 0 Å². The first-order chi connectivity index (χ1) is 14.6. The minimum absolute atomic E-state index is 0.0270. The quantitative estimate of drug-likeness (QED) is 0.375. The average Bonchev–Trinajstić information content (AvgIpc) is 2.75. The maximum absolute atomic E-state index is 13.2. The van der Waals surface area contributed by atoms with Gasteiger partial charge in [-0.3, -0.25) is 9.59 Å². The highest BCUT2D eigenvalue weighted by Gasteiger charge is 2.28. The Hall–Kier alpha value is -2.27. The standard InChI is InChI=1S/C25H34N2O2S/c1-4-6-17-26-25(29)23(5-2)27(19-21-13-11-10-12-20(21)3)24(28)16-18-30-22-14-8-7-9-15-22/h7-15,23H,4-6,16-19H2,1-3H3,(H,26,29)/t23-/m1/s1. The van der Waals surface area contributed by atoms with Crippen LogP contribution in [0.2, 0.25) is 0 Å². The minimum Gasteiger partial charge on any atom is -0.354 e. The zero-order valence-corrected chi connectivity index (χ0v) is 19.2. The molecule has 4 nitrogen and oxygen atoms in total. The van der Waals surface area contributed by atoms with E-state index >= 15 is 0 Å². The van der Waals surface area contributed by atoms with E-state index in [1.807, 2.05) is 56.3 Å². The Balaban J connectivity index is 2.11. The number of nitrogens with one attached hydrogen (secondary N) is 1. The topological polar surface area (TPSA) is 49.4 Å². The summed E-state index contributed by atoms with van der Waals surface area (Å²) in [6.07, 6.45) is 2.98. The lowest BCUT2D eigenvalue weighted by Gasteiger charge is -2.31. The highest BCUT2D eigenvalue weighted by molar-refractivity contribution is 7.99. The lowest BCUT2D eigenvalue weighted by atomic mass is 10.1. The van der Waals surface area contributed by atoms with Gasteiger partial charge in [0.1, 0.15) is 6.04 Å². The number of aryl methyl sites for hydroxylation is 1. The molecule has 2 amide bonds. The van der Waals surface area contributed by atoms with Crippen LogP contribution in [0.25, 0.3) is 0 Å². The summed E-state index contributed by atoms with van der Waals surface area (Å²) in [5.74, 6) is 0.670. The van der Waals surface area contributed by atoms with Gasteiger partial charge in [0.2, 0.25) is 11.8 Å². The summed E-state index contributed by atoms with van der Waals surface area (Å²) in [5.41, 5.74) is 2.22. The SMILES string of the molecule is CCCCNC(=O)[C@@H](CC)N(Cc1ccccc1C)C(=O)CCSc1ccccc1. The molecule has 0 heterocycles. The van der Waals surface area contributed by atoms with Crippen molar-refractivity contribution in [2.45, 2.75) is 63.9 Å². The highest BCUT2D eigenvalue weighted by Crippen LogP contribution is 2.21. The summed E-state index contributed by atoms with van der Waals surface area (Å²) in [7, 11) is 0. The molecule has 2 aromatic carbocycles. The third-order valence-corrected chi connectivity index (χ3v) is 6.16. The second kappa shape index (κ2) is 13.1. The number of unbranched alkanes of at least 4 members (excludes halogenated alkanes) is 1. The largest absolute Gasteiger partial charge is 0.354 e. The molecule has 1 N–H and O–H groups in total. The van der Waals surface area contributed by atoms with Crippen LogP contribution in [0.4, 0.5) is 0 Å². The molecule has 2 rings (SSSR count). The Kier molecular flexibility index (Phi) is 10.5. The number of hydrogen-bond donors (Lipinski definition) is 1. The zero-order valence-electron chi connectivity index (χ0n) is 18.4. The van der Waals surface area contributed by atoms with Crippen molar-refractivity contribution in [3.05, 3.63) is 65.7 Å². The molecule has 0 bridgehead atoms. The van der Waals surface area contributed by atoms with Gasteiger partial charge in [-0.25, -0.2) is 0 Å². The van der Waals surface area contributed by atoms with Gasteiger partial charge in [0.15, 0.2) is 0 Å². The molecule has 0 unspecified atom stereocenters. The molecule has 0 aliphatic heterocycles. The van der Waals surface area contributed by atoms with Gasteiger partial charge < -0.3 is 10.2 Å². The number of benzene rings is 2. The van der Waals surface area contributed by atoms with Crippen LogP contribution >= 0.6 is 11.8 Å². The molecule has 0 aliphatic rings. The predicted octanol–water partition coefficient (Wildman–Crippen LogP) is 5.20. The van der Waals surface area contributed by atoms with Crippen LogP contribution in [0.3, 0.4) is 0 Å². The molecule has 0 aliphatic carbocycles. The van der Waals surface area contributed by atoms with Crippen LogP contribution in [-0.2, 0) is 16.1 Å². The van der Waals surface area contributed by atoms with Gasteiger partial charge in [-0.05, 0) is 43.0 Å². The van der Waals surface area contributed by atoms with Gasteiger partial charge in [0, 0.05) is 30.2 Å². The average molecular weight is 427 g/mol. The second-order valence-corrected chi connectivity index (χ2v) is 8.60. The van der Waals surface area contributed by atoms with Crippen LogP contribution in [0.15, 0.2) is 59.5 Å². The van der Waals surface area contributed by atoms with E-state index in [0.717, 1.165) is 28.9 Å². The number of thioether (sulfide) groups is 1. The molecule has 0 saturated carbocycles. The van der Waals surface area contributed by atoms with Crippen LogP contribution < -0.4 is 5.32 Å². The fourth-order valence-corrected chi connectivity index (χ4v) is 4.18. The fraction of sp³-hybridized carbons (Fsp3) is 0.440. The monoisotopic (exact) mass is 426 g/mol. The molecular formula is C25H34N2O2S. The van der Waals surface area contributed by atoms with E-state index in [2.05, 4.69) is 24.4 Å².